The van der Waals surface area contributed by atoms with E-state index in [2.05, 4.69) is 15.9 Å². The maximum atomic E-state index is 13.1. The largest absolute Gasteiger partial charge is 0.362 e. The molecule has 0 aliphatic heterocycles. The minimum Gasteiger partial charge on any atom is -0.307 e. The van der Waals surface area contributed by atoms with Crippen LogP contribution in [-0.4, -0.2) is 36.8 Å². The maximum Gasteiger partial charge on any atom is 0.362 e. The van der Waals surface area contributed by atoms with Crippen molar-refractivity contribution in [3.05, 3.63) is 0 Å². The fraction of sp³-hybridized carbons (Fsp3) is 1.00. The Balaban J connectivity index is 5.95. The molecule has 0 fully saturated rings. The number of rotatable bonds is 12. The van der Waals surface area contributed by atoms with E-state index < -0.39 is 20.2 Å². The van der Waals surface area contributed by atoms with Gasteiger partial charge in [0.25, 0.3) is 0 Å². The quantitative estimate of drug-likeness (QED) is 0.385. The highest BCUT2D eigenvalue weighted by Crippen LogP contribution is 2.76. The van der Waals surface area contributed by atoms with Gasteiger partial charge in [-0.1, -0.05) is 15.9 Å². The first-order valence-corrected chi connectivity index (χ1v) is 11.1. The van der Waals surface area contributed by atoms with E-state index in [0.29, 0.717) is 5.33 Å². The molecule has 0 aromatic heterocycles. The Morgan fingerprint density at radius 1 is 0.857 bits per heavy atom. The molecule has 0 unspecified atom stereocenters. The zero-order chi connectivity index (χ0) is 16.6. The van der Waals surface area contributed by atoms with Gasteiger partial charge in [0, 0.05) is 5.33 Å². The van der Waals surface area contributed by atoms with Crippen LogP contribution in [0.4, 0.5) is 0 Å². The smallest absolute Gasteiger partial charge is 0.307 e. The average molecular weight is 410 g/mol. The van der Waals surface area contributed by atoms with Gasteiger partial charge in [-0.05, 0) is 34.1 Å². The SMILES string of the molecule is CCOP(=O)(OCC)C(N)(CCBr)P(=O)(OCC)OCC. The lowest BCUT2D eigenvalue weighted by atomic mass is 10.5. The van der Waals surface area contributed by atoms with Crippen molar-refractivity contribution in [2.45, 2.75) is 39.1 Å². The van der Waals surface area contributed by atoms with Crippen molar-refractivity contribution >= 4 is 31.1 Å². The van der Waals surface area contributed by atoms with Gasteiger partial charge in [0.2, 0.25) is 5.02 Å². The van der Waals surface area contributed by atoms with Gasteiger partial charge in [-0.15, -0.1) is 0 Å². The fourth-order valence-corrected chi connectivity index (χ4v) is 8.07. The summed E-state index contributed by atoms with van der Waals surface area (Å²) in [5.41, 5.74) is 6.25. The standard InChI is InChI=1S/C11H26BrNO6P2/c1-5-16-20(14,17-6-2)11(13,9-10-12)21(15,18-7-3)19-8-4/h5-10,13H2,1-4H3. The Bertz CT molecular complexity index is 345. The van der Waals surface area contributed by atoms with Gasteiger partial charge in [-0.2, -0.15) is 0 Å². The van der Waals surface area contributed by atoms with Gasteiger partial charge in [0.1, 0.15) is 0 Å². The van der Waals surface area contributed by atoms with Crippen molar-refractivity contribution in [2.24, 2.45) is 5.73 Å². The summed E-state index contributed by atoms with van der Waals surface area (Å²) < 4.78 is 47.3. The van der Waals surface area contributed by atoms with Crippen LogP contribution in [0, 0.1) is 0 Å². The first-order valence-electron chi connectivity index (χ1n) is 6.94. The molecule has 0 heterocycles. The summed E-state index contributed by atoms with van der Waals surface area (Å²) in [5.74, 6) is 0. The second-order valence-electron chi connectivity index (χ2n) is 3.98. The van der Waals surface area contributed by atoms with Crippen LogP contribution in [0.3, 0.4) is 0 Å². The Labute approximate surface area is 135 Å². The molecule has 2 N–H and O–H groups in total. The van der Waals surface area contributed by atoms with E-state index in [0.717, 1.165) is 0 Å². The molecule has 0 saturated carbocycles. The molecule has 128 valence electrons. The van der Waals surface area contributed by atoms with Crippen LogP contribution in [0.25, 0.3) is 0 Å². The van der Waals surface area contributed by atoms with E-state index in [-0.39, 0.29) is 32.8 Å². The predicted octanol–water partition coefficient (Wildman–Crippen LogP) is 3.92. The summed E-state index contributed by atoms with van der Waals surface area (Å²) in [6, 6.07) is 0. The maximum absolute atomic E-state index is 13.1. The highest BCUT2D eigenvalue weighted by Gasteiger charge is 2.62. The second kappa shape index (κ2) is 9.78. The van der Waals surface area contributed by atoms with Crippen LogP contribution in [-0.2, 0) is 27.2 Å². The molecular formula is C11H26BrNO6P2. The molecule has 0 amide bonds. The van der Waals surface area contributed by atoms with E-state index in [1.165, 1.54) is 0 Å². The molecule has 10 heteroatoms. The third-order valence-electron chi connectivity index (χ3n) is 2.61. The molecule has 0 aromatic rings. The average Bonchev–Trinajstić information content (AvgIpc) is 2.39. The first-order chi connectivity index (χ1) is 9.80. The summed E-state index contributed by atoms with van der Waals surface area (Å²) in [4.78, 5) is 0. The normalized spacial score (nSPS) is 13.6. The van der Waals surface area contributed by atoms with Gasteiger partial charge in [0.15, 0.2) is 0 Å². The van der Waals surface area contributed by atoms with E-state index in [4.69, 9.17) is 23.8 Å². The number of hydrogen-bond acceptors (Lipinski definition) is 7. The van der Waals surface area contributed by atoms with E-state index in [9.17, 15) is 9.13 Å². The molecule has 21 heavy (non-hydrogen) atoms. The van der Waals surface area contributed by atoms with Crippen LogP contribution in [0.15, 0.2) is 0 Å². The number of halogens is 1. The Hall–Kier alpha value is 0.740. The van der Waals surface area contributed by atoms with E-state index in [1.54, 1.807) is 27.7 Å². The summed E-state index contributed by atoms with van der Waals surface area (Å²) in [6.07, 6.45) is 0.0571. The van der Waals surface area contributed by atoms with Crippen LogP contribution in [0.2, 0.25) is 0 Å². The van der Waals surface area contributed by atoms with Crippen molar-refractivity contribution in [1.82, 2.24) is 0 Å². The molecule has 0 atom stereocenters. The number of nitrogens with two attached hydrogens (primary N) is 1. The fourth-order valence-electron chi connectivity index (χ4n) is 1.76. The summed E-state index contributed by atoms with van der Waals surface area (Å²) >= 11 is 3.23. The van der Waals surface area contributed by atoms with Crippen molar-refractivity contribution in [2.75, 3.05) is 31.8 Å². The molecule has 0 radical (unpaired) electrons. The highest BCUT2D eigenvalue weighted by atomic mass is 79.9. The molecule has 0 bridgehead atoms. The summed E-state index contributed by atoms with van der Waals surface area (Å²) in [7, 11) is -7.81. The molecule has 0 saturated heterocycles. The molecule has 0 rings (SSSR count). The highest BCUT2D eigenvalue weighted by molar-refractivity contribution is 9.09. The summed E-state index contributed by atoms with van der Waals surface area (Å²) in [5, 5.41) is -1.51. The lowest BCUT2D eigenvalue weighted by molar-refractivity contribution is 0.176. The molecular weight excluding hydrogens is 384 g/mol. The summed E-state index contributed by atoms with van der Waals surface area (Å²) in [6.45, 7) is 7.07. The van der Waals surface area contributed by atoms with Crippen LogP contribution in [0.1, 0.15) is 34.1 Å². The zero-order valence-corrected chi connectivity index (χ0v) is 16.4. The van der Waals surface area contributed by atoms with Crippen LogP contribution in [0.5, 0.6) is 0 Å². The molecule has 0 aliphatic carbocycles. The minimum absolute atomic E-state index is 0.0571. The van der Waals surface area contributed by atoms with Crippen LogP contribution < -0.4 is 5.73 Å². The molecule has 0 spiro atoms. The lowest BCUT2D eigenvalue weighted by Gasteiger charge is -2.39. The monoisotopic (exact) mass is 409 g/mol. The van der Waals surface area contributed by atoms with Gasteiger partial charge in [-0.3, -0.25) is 9.13 Å². The third-order valence-corrected chi connectivity index (χ3v) is 9.21. The van der Waals surface area contributed by atoms with Gasteiger partial charge in [-0.25, -0.2) is 0 Å². The first kappa shape index (κ1) is 21.7. The van der Waals surface area contributed by atoms with E-state index >= 15 is 0 Å². The van der Waals surface area contributed by atoms with Gasteiger partial charge in [0.05, 0.1) is 26.4 Å². The number of hydrogen-bond donors (Lipinski definition) is 1. The van der Waals surface area contributed by atoms with Gasteiger partial charge < -0.3 is 23.8 Å². The topological polar surface area (TPSA) is 97.1 Å². The van der Waals surface area contributed by atoms with Crippen molar-refractivity contribution in [3.8, 4) is 0 Å². The Kier molecular flexibility index (Phi) is 10.1. The number of alkyl halides is 1. The van der Waals surface area contributed by atoms with E-state index in [1.807, 2.05) is 0 Å². The Morgan fingerprint density at radius 2 is 1.14 bits per heavy atom. The zero-order valence-electron chi connectivity index (χ0n) is 13.0. The van der Waals surface area contributed by atoms with Crippen molar-refractivity contribution in [1.29, 1.82) is 0 Å². The lowest BCUT2D eigenvalue weighted by Crippen LogP contribution is -2.42. The minimum atomic E-state index is -3.90. The van der Waals surface area contributed by atoms with Crippen molar-refractivity contribution in [3.63, 3.8) is 0 Å². The van der Waals surface area contributed by atoms with Crippen LogP contribution >= 0.6 is 31.1 Å². The predicted molar refractivity (Wildman–Crippen MR) is 87.0 cm³/mol. The third kappa shape index (κ3) is 4.85. The molecule has 0 aromatic carbocycles. The van der Waals surface area contributed by atoms with Crippen molar-refractivity contribution < 1.29 is 27.2 Å². The van der Waals surface area contributed by atoms with Gasteiger partial charge >= 0.3 is 15.2 Å². The Morgan fingerprint density at radius 3 is 1.33 bits per heavy atom. The second-order valence-corrected chi connectivity index (χ2v) is 9.75. The molecule has 7 nitrogen and oxygen atoms in total. The molecule has 0 aliphatic rings.